The summed E-state index contributed by atoms with van der Waals surface area (Å²) in [5, 5.41) is 0. The largest absolute Gasteiger partial charge is 0.338 e. The van der Waals surface area contributed by atoms with Crippen molar-refractivity contribution in [2.75, 3.05) is 13.1 Å². The lowest BCUT2D eigenvalue weighted by Gasteiger charge is -2.35. The average molecular weight is 267 g/mol. The van der Waals surface area contributed by atoms with Crippen LogP contribution in [0.25, 0.3) is 0 Å². The molecule has 2 nitrogen and oxygen atoms in total. The molecule has 0 bridgehead atoms. The van der Waals surface area contributed by atoms with Crippen LogP contribution in [0.4, 0.5) is 4.39 Å². The first-order valence-electron chi connectivity index (χ1n) is 6.25. The van der Waals surface area contributed by atoms with E-state index < -0.39 is 5.82 Å². The number of hydrogen-bond acceptors (Lipinski definition) is 2. The Morgan fingerprint density at radius 1 is 1.33 bits per heavy atom. The minimum atomic E-state index is -0.469. The van der Waals surface area contributed by atoms with Crippen LogP contribution in [0.2, 0.25) is 0 Å². The van der Waals surface area contributed by atoms with E-state index in [1.165, 1.54) is 12.1 Å². The second-order valence-electron chi connectivity index (χ2n) is 5.32. The third kappa shape index (κ3) is 2.86. The number of rotatable bonds is 1. The second-order valence-corrected chi connectivity index (χ2v) is 5.84. The molecule has 18 heavy (non-hydrogen) atoms. The van der Waals surface area contributed by atoms with Crippen molar-refractivity contribution >= 4 is 18.5 Å². The standard InChI is InChI=1S/C14H18FNOS/c1-9-5-10(2)8-16(7-9)14(17)12-6-11(18)3-4-13(12)15/h3-4,6,9-10,18H,5,7-8H2,1-2H3. The molecule has 1 amide bonds. The zero-order valence-electron chi connectivity index (χ0n) is 10.7. The van der Waals surface area contributed by atoms with Crippen LogP contribution >= 0.6 is 12.6 Å². The van der Waals surface area contributed by atoms with Crippen molar-refractivity contribution in [2.24, 2.45) is 11.8 Å². The van der Waals surface area contributed by atoms with Gasteiger partial charge in [0.25, 0.3) is 5.91 Å². The van der Waals surface area contributed by atoms with Crippen LogP contribution in [0.3, 0.4) is 0 Å². The molecule has 0 saturated carbocycles. The third-order valence-corrected chi connectivity index (χ3v) is 3.61. The normalized spacial score (nSPS) is 24.1. The van der Waals surface area contributed by atoms with Gasteiger partial charge in [-0.1, -0.05) is 13.8 Å². The Morgan fingerprint density at radius 3 is 2.56 bits per heavy atom. The smallest absolute Gasteiger partial charge is 0.256 e. The van der Waals surface area contributed by atoms with E-state index in [1.54, 1.807) is 11.0 Å². The first-order chi connectivity index (χ1) is 8.47. The molecule has 4 heteroatoms. The van der Waals surface area contributed by atoms with Crippen molar-refractivity contribution in [3.63, 3.8) is 0 Å². The Balaban J connectivity index is 2.22. The quantitative estimate of drug-likeness (QED) is 0.775. The van der Waals surface area contributed by atoms with Gasteiger partial charge in [-0.15, -0.1) is 12.6 Å². The molecule has 2 rings (SSSR count). The number of nitrogens with zero attached hydrogens (tertiary/aromatic N) is 1. The first-order valence-corrected chi connectivity index (χ1v) is 6.70. The van der Waals surface area contributed by atoms with Gasteiger partial charge < -0.3 is 4.90 Å². The van der Waals surface area contributed by atoms with E-state index in [2.05, 4.69) is 26.5 Å². The molecular formula is C14H18FNOS. The van der Waals surface area contributed by atoms with Crippen molar-refractivity contribution in [1.82, 2.24) is 4.90 Å². The highest BCUT2D eigenvalue weighted by molar-refractivity contribution is 7.80. The predicted molar refractivity (Wildman–Crippen MR) is 72.5 cm³/mol. The van der Waals surface area contributed by atoms with Crippen LogP contribution in [0.1, 0.15) is 30.6 Å². The summed E-state index contributed by atoms with van der Waals surface area (Å²) in [4.78, 5) is 14.7. The lowest BCUT2D eigenvalue weighted by molar-refractivity contribution is 0.0618. The number of hydrogen-bond donors (Lipinski definition) is 1. The van der Waals surface area contributed by atoms with Crippen molar-refractivity contribution in [3.05, 3.63) is 29.6 Å². The first kappa shape index (κ1) is 13.4. The molecular weight excluding hydrogens is 249 g/mol. The van der Waals surface area contributed by atoms with E-state index in [0.717, 1.165) is 6.42 Å². The summed E-state index contributed by atoms with van der Waals surface area (Å²) in [6.45, 7) is 5.67. The molecule has 0 N–H and O–H groups in total. The molecule has 0 spiro atoms. The summed E-state index contributed by atoms with van der Waals surface area (Å²) in [5.74, 6) is 0.255. The van der Waals surface area contributed by atoms with Crippen LogP contribution in [0.15, 0.2) is 23.1 Å². The maximum absolute atomic E-state index is 13.7. The Bertz CT molecular complexity index is 453. The molecule has 2 unspecified atom stereocenters. The van der Waals surface area contributed by atoms with Crippen molar-refractivity contribution in [2.45, 2.75) is 25.2 Å². The van der Waals surface area contributed by atoms with Crippen LogP contribution in [0, 0.1) is 17.7 Å². The fraction of sp³-hybridized carbons (Fsp3) is 0.500. The van der Waals surface area contributed by atoms with Gasteiger partial charge >= 0.3 is 0 Å². The lowest BCUT2D eigenvalue weighted by atomic mass is 9.91. The van der Waals surface area contributed by atoms with Crippen molar-refractivity contribution < 1.29 is 9.18 Å². The molecule has 1 aromatic rings. The SMILES string of the molecule is CC1CC(C)CN(C(=O)c2cc(S)ccc2F)C1. The molecule has 0 radical (unpaired) electrons. The van der Waals surface area contributed by atoms with Gasteiger partial charge in [0.15, 0.2) is 0 Å². The summed E-state index contributed by atoms with van der Waals surface area (Å²) < 4.78 is 13.7. The number of carbonyl (C=O) groups is 1. The topological polar surface area (TPSA) is 20.3 Å². The molecule has 98 valence electrons. The molecule has 1 aliphatic heterocycles. The number of carbonyl (C=O) groups excluding carboxylic acids is 1. The Labute approximate surface area is 113 Å². The summed E-state index contributed by atoms with van der Waals surface area (Å²) in [6, 6.07) is 4.35. The molecule has 1 fully saturated rings. The fourth-order valence-corrected chi connectivity index (χ4v) is 2.88. The molecule has 1 saturated heterocycles. The third-order valence-electron chi connectivity index (χ3n) is 3.34. The van der Waals surface area contributed by atoms with Gasteiger partial charge in [0.1, 0.15) is 5.82 Å². The minimum Gasteiger partial charge on any atom is -0.338 e. The summed E-state index contributed by atoms with van der Waals surface area (Å²) in [5.41, 5.74) is 0.129. The minimum absolute atomic E-state index is 0.129. The van der Waals surface area contributed by atoms with E-state index in [-0.39, 0.29) is 11.5 Å². The maximum atomic E-state index is 13.7. The van der Waals surface area contributed by atoms with E-state index >= 15 is 0 Å². The fourth-order valence-electron chi connectivity index (χ4n) is 2.68. The predicted octanol–water partition coefficient (Wildman–Crippen LogP) is 3.23. The maximum Gasteiger partial charge on any atom is 0.256 e. The Kier molecular flexibility index (Phi) is 3.95. The number of likely N-dealkylation sites (tertiary alicyclic amines) is 1. The number of benzene rings is 1. The highest BCUT2D eigenvalue weighted by Gasteiger charge is 2.27. The molecule has 1 aromatic carbocycles. The van der Waals surface area contributed by atoms with Gasteiger partial charge in [-0.25, -0.2) is 4.39 Å². The highest BCUT2D eigenvalue weighted by atomic mass is 32.1. The zero-order chi connectivity index (χ0) is 13.3. The summed E-state index contributed by atoms with van der Waals surface area (Å²) in [6.07, 6.45) is 1.12. The lowest BCUT2D eigenvalue weighted by Crippen LogP contribution is -2.42. The highest BCUT2D eigenvalue weighted by Crippen LogP contribution is 2.24. The van der Waals surface area contributed by atoms with Crippen molar-refractivity contribution in [3.8, 4) is 0 Å². The molecule has 1 aliphatic rings. The van der Waals surface area contributed by atoms with Crippen LogP contribution < -0.4 is 0 Å². The van der Waals surface area contributed by atoms with Gasteiger partial charge in [0.2, 0.25) is 0 Å². The van der Waals surface area contributed by atoms with Gasteiger partial charge in [0, 0.05) is 18.0 Å². The molecule has 1 heterocycles. The van der Waals surface area contributed by atoms with Crippen molar-refractivity contribution in [1.29, 1.82) is 0 Å². The van der Waals surface area contributed by atoms with Gasteiger partial charge in [0.05, 0.1) is 5.56 Å². The van der Waals surface area contributed by atoms with E-state index in [4.69, 9.17) is 0 Å². The van der Waals surface area contributed by atoms with E-state index in [0.29, 0.717) is 29.8 Å². The average Bonchev–Trinajstić information content (AvgIpc) is 2.30. The Morgan fingerprint density at radius 2 is 1.94 bits per heavy atom. The second kappa shape index (κ2) is 5.31. The monoisotopic (exact) mass is 267 g/mol. The van der Waals surface area contributed by atoms with E-state index in [9.17, 15) is 9.18 Å². The van der Waals surface area contributed by atoms with Crippen LogP contribution in [-0.2, 0) is 0 Å². The number of thiol groups is 1. The Hall–Kier alpha value is -1.03. The number of amides is 1. The van der Waals surface area contributed by atoms with Gasteiger partial charge in [-0.2, -0.15) is 0 Å². The summed E-state index contributed by atoms with van der Waals surface area (Å²) >= 11 is 4.16. The van der Waals surface area contributed by atoms with Gasteiger partial charge in [-0.3, -0.25) is 4.79 Å². The summed E-state index contributed by atoms with van der Waals surface area (Å²) in [7, 11) is 0. The zero-order valence-corrected chi connectivity index (χ0v) is 11.6. The van der Waals surface area contributed by atoms with Crippen LogP contribution in [-0.4, -0.2) is 23.9 Å². The number of halogens is 1. The molecule has 0 aromatic heterocycles. The van der Waals surface area contributed by atoms with Gasteiger partial charge in [-0.05, 0) is 36.5 Å². The van der Waals surface area contributed by atoms with Crippen LogP contribution in [0.5, 0.6) is 0 Å². The molecule has 2 atom stereocenters. The molecule has 0 aliphatic carbocycles. The van der Waals surface area contributed by atoms with E-state index in [1.807, 2.05) is 0 Å². The number of piperidine rings is 1.